The fraction of sp³-hybridized carbons (Fsp3) is 0.350. The number of carbonyl (C=O) groups excluding carboxylic acids is 2. The third-order valence-corrected chi connectivity index (χ3v) is 5.27. The van der Waals surface area contributed by atoms with Gasteiger partial charge in [0.25, 0.3) is 5.91 Å². The molecule has 2 aliphatic heterocycles. The number of esters is 1. The van der Waals surface area contributed by atoms with E-state index in [1.54, 1.807) is 0 Å². The van der Waals surface area contributed by atoms with Gasteiger partial charge < -0.3 is 24.0 Å². The molecule has 3 heterocycles. The highest BCUT2D eigenvalue weighted by molar-refractivity contribution is 5.98. The number of benzene rings is 1. The Labute approximate surface area is 169 Å². The Morgan fingerprint density at radius 2 is 2.10 bits per heavy atom. The molecule has 1 amide bonds. The number of aromatic nitrogens is 1. The third-order valence-electron chi connectivity index (χ3n) is 5.27. The second-order valence-corrected chi connectivity index (χ2v) is 7.21. The molecule has 8 nitrogen and oxygen atoms in total. The van der Waals surface area contributed by atoms with E-state index in [4.69, 9.17) is 9.47 Å². The predicted octanol–water partition coefficient (Wildman–Crippen LogP) is 1.78. The van der Waals surface area contributed by atoms with E-state index < -0.39 is 53.1 Å². The van der Waals surface area contributed by atoms with E-state index in [0.29, 0.717) is 19.1 Å². The smallest absolute Gasteiger partial charge is 0.344 e. The van der Waals surface area contributed by atoms with Crippen molar-refractivity contribution in [2.45, 2.75) is 38.8 Å². The first-order chi connectivity index (χ1) is 14.3. The molecule has 2 aromatic rings. The number of rotatable bonds is 3. The maximum absolute atomic E-state index is 13.7. The summed E-state index contributed by atoms with van der Waals surface area (Å²) in [6.45, 7) is 1.88. The van der Waals surface area contributed by atoms with Crippen molar-refractivity contribution >= 4 is 11.9 Å². The average Bonchev–Trinajstić information content (AvgIpc) is 2.69. The molecule has 2 atom stereocenters. The van der Waals surface area contributed by atoms with Gasteiger partial charge in [0.1, 0.15) is 23.8 Å². The van der Waals surface area contributed by atoms with Crippen LogP contribution in [0, 0.1) is 11.6 Å². The van der Waals surface area contributed by atoms with Crippen LogP contribution in [-0.4, -0.2) is 45.3 Å². The summed E-state index contributed by atoms with van der Waals surface area (Å²) in [5.41, 5.74) is -1.88. The summed E-state index contributed by atoms with van der Waals surface area (Å²) in [5, 5.41) is 10.3. The number of amides is 1. The van der Waals surface area contributed by atoms with Gasteiger partial charge in [0.15, 0.2) is 17.7 Å². The van der Waals surface area contributed by atoms with Crippen molar-refractivity contribution in [2.24, 2.45) is 0 Å². The average molecular weight is 420 g/mol. The highest BCUT2D eigenvalue weighted by Gasteiger charge is 2.41. The molecule has 1 aromatic heterocycles. The van der Waals surface area contributed by atoms with Crippen LogP contribution >= 0.6 is 0 Å². The van der Waals surface area contributed by atoms with Gasteiger partial charge in [0.2, 0.25) is 5.43 Å². The molecule has 0 unspecified atom stereocenters. The molecule has 1 saturated heterocycles. The molecule has 0 saturated carbocycles. The van der Waals surface area contributed by atoms with Gasteiger partial charge in [-0.05, 0) is 25.5 Å². The largest absolute Gasteiger partial charge is 0.503 e. The summed E-state index contributed by atoms with van der Waals surface area (Å²) < 4.78 is 38.6. The molecular weight excluding hydrogens is 402 g/mol. The Morgan fingerprint density at radius 1 is 1.33 bits per heavy atom. The molecule has 4 rings (SSSR count). The maximum atomic E-state index is 13.7. The molecule has 158 valence electrons. The maximum Gasteiger partial charge on any atom is 0.344 e. The van der Waals surface area contributed by atoms with E-state index in [-0.39, 0.29) is 23.8 Å². The van der Waals surface area contributed by atoms with Gasteiger partial charge in [-0.2, -0.15) is 0 Å². The normalized spacial score (nSPS) is 20.5. The Balaban J connectivity index is 1.63. The lowest BCUT2D eigenvalue weighted by Crippen LogP contribution is -2.57. The van der Waals surface area contributed by atoms with Gasteiger partial charge in [-0.15, -0.1) is 0 Å². The molecular formula is C20H18F2N2O6. The number of halogens is 2. The number of nitrogens with zero attached hydrogens (tertiary/aromatic N) is 2. The zero-order chi connectivity index (χ0) is 21.6. The topological polar surface area (TPSA) is 98.1 Å². The van der Waals surface area contributed by atoms with Crippen molar-refractivity contribution in [3.05, 3.63) is 63.1 Å². The van der Waals surface area contributed by atoms with E-state index in [9.17, 15) is 28.3 Å². The van der Waals surface area contributed by atoms with Crippen LogP contribution in [0.3, 0.4) is 0 Å². The number of carbonyl (C=O) groups is 2. The molecule has 1 fully saturated rings. The Hall–Kier alpha value is -3.27. The summed E-state index contributed by atoms with van der Waals surface area (Å²) >= 11 is 0. The minimum Gasteiger partial charge on any atom is -0.503 e. The van der Waals surface area contributed by atoms with Crippen LogP contribution in [0.15, 0.2) is 29.2 Å². The van der Waals surface area contributed by atoms with Crippen LogP contribution < -0.4 is 5.43 Å². The van der Waals surface area contributed by atoms with E-state index >= 15 is 0 Å². The molecule has 10 heteroatoms. The van der Waals surface area contributed by atoms with Gasteiger partial charge in [-0.25, -0.2) is 13.6 Å². The summed E-state index contributed by atoms with van der Waals surface area (Å²) in [6.07, 6.45) is 1.16. The highest BCUT2D eigenvalue weighted by Crippen LogP contribution is 2.29. The Kier molecular flexibility index (Phi) is 5.02. The van der Waals surface area contributed by atoms with Gasteiger partial charge in [-0.3, -0.25) is 9.59 Å². The summed E-state index contributed by atoms with van der Waals surface area (Å²) in [5.74, 6) is -4.22. The van der Waals surface area contributed by atoms with Gasteiger partial charge in [-0.1, -0.05) is 0 Å². The van der Waals surface area contributed by atoms with E-state index in [0.717, 1.165) is 18.3 Å². The minimum atomic E-state index is -1.11. The first-order valence-electron chi connectivity index (χ1n) is 9.29. The minimum absolute atomic E-state index is 0.0811. The fourth-order valence-electron chi connectivity index (χ4n) is 3.66. The zero-order valence-corrected chi connectivity index (χ0v) is 15.9. The number of hydrogen-bond donors (Lipinski definition) is 1. The Morgan fingerprint density at radius 3 is 2.83 bits per heavy atom. The quantitative estimate of drug-likeness (QED) is 0.761. The van der Waals surface area contributed by atoms with E-state index in [1.807, 2.05) is 6.92 Å². The molecule has 0 radical (unpaired) electrons. The standard InChI is InChI=1S/C20H18F2N2O6/c1-10-4-5-29-15-8-23-7-13(17(25)18(26)16(23)19(27)24(10)15)20(28)30-9-11-2-3-12(21)6-14(11)22/h2-3,6-7,10,15,26H,4-5,8-9H2,1H3/t10-,15+/m1/s1. The predicted molar refractivity (Wildman–Crippen MR) is 97.8 cm³/mol. The number of aromatic hydroxyl groups is 1. The molecule has 0 bridgehead atoms. The van der Waals surface area contributed by atoms with Crippen molar-refractivity contribution in [3.8, 4) is 5.75 Å². The second kappa shape index (κ2) is 7.52. The van der Waals surface area contributed by atoms with Crippen molar-refractivity contribution in [3.63, 3.8) is 0 Å². The lowest BCUT2D eigenvalue weighted by molar-refractivity contribution is -0.112. The van der Waals surface area contributed by atoms with Crippen molar-refractivity contribution in [1.82, 2.24) is 9.47 Å². The molecule has 30 heavy (non-hydrogen) atoms. The van der Waals surface area contributed by atoms with Crippen LogP contribution in [0.5, 0.6) is 5.75 Å². The van der Waals surface area contributed by atoms with Crippen LogP contribution in [0.1, 0.15) is 39.8 Å². The number of hydrogen-bond acceptors (Lipinski definition) is 6. The summed E-state index contributed by atoms with van der Waals surface area (Å²) in [7, 11) is 0. The van der Waals surface area contributed by atoms with Crippen molar-refractivity contribution in [1.29, 1.82) is 0 Å². The van der Waals surface area contributed by atoms with Crippen molar-refractivity contribution < 1.29 is 33.0 Å². The van der Waals surface area contributed by atoms with Crippen LogP contribution in [-0.2, 0) is 22.6 Å². The van der Waals surface area contributed by atoms with Crippen LogP contribution in [0.4, 0.5) is 8.78 Å². The van der Waals surface area contributed by atoms with Gasteiger partial charge in [0, 0.05) is 23.9 Å². The fourth-order valence-corrected chi connectivity index (χ4v) is 3.66. The molecule has 1 aromatic carbocycles. The number of pyridine rings is 1. The third kappa shape index (κ3) is 3.32. The highest BCUT2D eigenvalue weighted by atomic mass is 19.1. The monoisotopic (exact) mass is 420 g/mol. The van der Waals surface area contributed by atoms with E-state index in [1.165, 1.54) is 9.47 Å². The van der Waals surface area contributed by atoms with Crippen molar-refractivity contribution in [2.75, 3.05) is 6.61 Å². The molecule has 2 aliphatic rings. The van der Waals surface area contributed by atoms with Crippen LogP contribution in [0.2, 0.25) is 0 Å². The van der Waals surface area contributed by atoms with Gasteiger partial charge >= 0.3 is 5.97 Å². The van der Waals surface area contributed by atoms with Gasteiger partial charge in [0.05, 0.1) is 13.2 Å². The first kappa shape index (κ1) is 20.0. The zero-order valence-electron chi connectivity index (χ0n) is 15.9. The molecule has 0 spiro atoms. The summed E-state index contributed by atoms with van der Waals surface area (Å²) in [6, 6.07) is 2.64. The molecule has 0 aliphatic carbocycles. The molecule has 1 N–H and O–H groups in total. The Bertz CT molecular complexity index is 1100. The van der Waals surface area contributed by atoms with Crippen LogP contribution in [0.25, 0.3) is 0 Å². The SMILES string of the molecule is C[C@@H]1CCO[C@H]2Cn3cc(C(=O)OCc4ccc(F)cc4F)c(=O)c(O)c3C(=O)N12. The number of ether oxygens (including phenoxy) is 2. The van der Waals surface area contributed by atoms with E-state index in [2.05, 4.69) is 0 Å². The number of fused-ring (bicyclic) bond motifs is 2. The second-order valence-electron chi connectivity index (χ2n) is 7.21. The lowest BCUT2D eigenvalue weighted by atomic mass is 10.1. The lowest BCUT2D eigenvalue weighted by Gasteiger charge is -2.44. The first-order valence-corrected chi connectivity index (χ1v) is 9.29. The summed E-state index contributed by atoms with van der Waals surface area (Å²) in [4.78, 5) is 39.2.